The van der Waals surface area contributed by atoms with Crippen molar-refractivity contribution < 1.29 is 26.3 Å². The molecule has 0 aliphatic carbocycles. The molecule has 2 aromatic rings. The highest BCUT2D eigenvalue weighted by atomic mass is 32.2. The predicted molar refractivity (Wildman–Crippen MR) is 127 cm³/mol. The second kappa shape index (κ2) is 10.0. The first kappa shape index (κ1) is 25.5. The Morgan fingerprint density at radius 2 is 1.30 bits per heavy atom. The molecule has 2 aromatic carbocycles. The minimum atomic E-state index is -3.88. The highest BCUT2D eigenvalue weighted by molar-refractivity contribution is 7.89. The number of rotatable bonds is 8. The van der Waals surface area contributed by atoms with Gasteiger partial charge in [0, 0.05) is 25.7 Å². The summed E-state index contributed by atoms with van der Waals surface area (Å²) < 4.78 is 67.7. The molecule has 3 rings (SSSR count). The third-order valence-corrected chi connectivity index (χ3v) is 9.45. The number of piperazine rings is 1. The van der Waals surface area contributed by atoms with Crippen LogP contribution < -0.4 is 9.47 Å². The lowest BCUT2D eigenvalue weighted by Gasteiger charge is -2.38. The third-order valence-electron chi connectivity index (χ3n) is 5.53. The Labute approximate surface area is 197 Å². The Kier molecular flexibility index (Phi) is 7.73. The summed E-state index contributed by atoms with van der Waals surface area (Å²) in [6.07, 6.45) is 0. The fourth-order valence-electron chi connectivity index (χ4n) is 3.93. The summed E-state index contributed by atoms with van der Waals surface area (Å²) in [5.74, 6) is 0.596. The maximum Gasteiger partial charge on any atom is 0.247 e. The van der Waals surface area contributed by atoms with Crippen molar-refractivity contribution in [2.75, 3.05) is 32.8 Å². The zero-order chi connectivity index (χ0) is 24.4. The minimum absolute atomic E-state index is 0.0385. The van der Waals surface area contributed by atoms with Gasteiger partial charge in [0.05, 0.1) is 13.2 Å². The lowest BCUT2D eigenvalue weighted by molar-refractivity contribution is 0.211. The van der Waals surface area contributed by atoms with Gasteiger partial charge in [-0.25, -0.2) is 16.8 Å². The summed E-state index contributed by atoms with van der Waals surface area (Å²) in [5, 5.41) is 0. The van der Waals surface area contributed by atoms with Gasteiger partial charge in [0.25, 0.3) is 0 Å². The fourth-order valence-corrected chi connectivity index (χ4v) is 7.49. The van der Waals surface area contributed by atoms with Crippen LogP contribution in [0.4, 0.5) is 0 Å². The average Bonchev–Trinajstić information content (AvgIpc) is 2.76. The van der Waals surface area contributed by atoms with Crippen LogP contribution in [0.15, 0.2) is 46.2 Å². The first-order chi connectivity index (χ1) is 15.5. The second-order valence-electron chi connectivity index (χ2n) is 8.09. The Hall–Kier alpha value is -2.14. The van der Waals surface area contributed by atoms with E-state index in [0.29, 0.717) is 24.7 Å². The average molecular weight is 497 g/mol. The van der Waals surface area contributed by atoms with Crippen LogP contribution in [0.2, 0.25) is 0 Å². The first-order valence-electron chi connectivity index (χ1n) is 11.0. The minimum Gasteiger partial charge on any atom is -0.492 e. The van der Waals surface area contributed by atoms with Crippen LogP contribution in [0.25, 0.3) is 0 Å². The van der Waals surface area contributed by atoms with Gasteiger partial charge in [-0.15, -0.1) is 0 Å². The van der Waals surface area contributed by atoms with Gasteiger partial charge in [0.15, 0.2) is 0 Å². The molecule has 0 radical (unpaired) electrons. The number of sulfonamides is 2. The third kappa shape index (κ3) is 5.18. The molecule has 0 amide bonds. The quantitative estimate of drug-likeness (QED) is 0.557. The molecule has 8 nitrogen and oxygen atoms in total. The van der Waals surface area contributed by atoms with Crippen LogP contribution in [0.1, 0.15) is 31.9 Å². The van der Waals surface area contributed by atoms with Crippen molar-refractivity contribution in [2.24, 2.45) is 0 Å². The van der Waals surface area contributed by atoms with Gasteiger partial charge in [-0.1, -0.05) is 12.1 Å². The van der Waals surface area contributed by atoms with Crippen LogP contribution in [0, 0.1) is 13.8 Å². The zero-order valence-corrected chi connectivity index (χ0v) is 21.4. The number of hydrogen-bond donors (Lipinski definition) is 0. The van der Waals surface area contributed by atoms with E-state index in [4.69, 9.17) is 9.47 Å². The van der Waals surface area contributed by atoms with E-state index >= 15 is 0 Å². The largest absolute Gasteiger partial charge is 0.492 e. The lowest BCUT2D eigenvalue weighted by atomic mass is 10.2. The topological polar surface area (TPSA) is 93.2 Å². The molecule has 0 spiro atoms. The first-order valence-corrected chi connectivity index (χ1v) is 13.9. The van der Waals surface area contributed by atoms with Crippen LogP contribution in [0.3, 0.4) is 0 Å². The Bertz CT molecular complexity index is 1210. The number of ether oxygens (including phenoxy) is 2. The normalized spacial score (nSPS) is 18.3. The van der Waals surface area contributed by atoms with E-state index in [-0.39, 0.29) is 29.4 Å². The monoisotopic (exact) mass is 496 g/mol. The zero-order valence-electron chi connectivity index (χ0n) is 19.7. The van der Waals surface area contributed by atoms with Crippen LogP contribution in [-0.4, -0.2) is 64.3 Å². The van der Waals surface area contributed by atoms with Crippen molar-refractivity contribution in [3.8, 4) is 11.5 Å². The van der Waals surface area contributed by atoms with Gasteiger partial charge in [-0.3, -0.25) is 0 Å². The van der Waals surface area contributed by atoms with E-state index in [0.717, 1.165) is 11.1 Å². The highest BCUT2D eigenvalue weighted by Gasteiger charge is 2.40. The predicted octanol–water partition coefficient (Wildman–Crippen LogP) is 3.18. The summed E-state index contributed by atoms with van der Waals surface area (Å²) >= 11 is 0. The molecule has 182 valence electrons. The smallest absolute Gasteiger partial charge is 0.247 e. The van der Waals surface area contributed by atoms with Crippen molar-refractivity contribution in [1.82, 2.24) is 8.61 Å². The van der Waals surface area contributed by atoms with Crippen molar-refractivity contribution in [1.29, 1.82) is 0 Å². The molecule has 1 saturated heterocycles. The maximum absolute atomic E-state index is 13.5. The molecular weight excluding hydrogens is 464 g/mol. The van der Waals surface area contributed by atoms with Gasteiger partial charge in [0.2, 0.25) is 20.0 Å². The summed E-state index contributed by atoms with van der Waals surface area (Å²) in [7, 11) is -7.75. The van der Waals surface area contributed by atoms with Gasteiger partial charge < -0.3 is 9.47 Å². The number of aryl methyl sites for hydroxylation is 2. The highest BCUT2D eigenvalue weighted by Crippen LogP contribution is 2.33. The molecule has 1 aliphatic rings. The molecule has 0 saturated carbocycles. The molecular formula is C23H32N2O6S2. The molecule has 0 bridgehead atoms. The van der Waals surface area contributed by atoms with Gasteiger partial charge in [-0.2, -0.15) is 8.61 Å². The summed E-state index contributed by atoms with van der Waals surface area (Å²) in [4.78, 5) is 0.204. The molecule has 1 fully saturated rings. The van der Waals surface area contributed by atoms with Gasteiger partial charge in [-0.05, 0) is 70.0 Å². The standard InChI is InChI=1S/C23H32N2O6S2/c1-6-30-20-10-8-17(3)14-22(20)32(26,27)24-12-13-25(19(5)16-24)33(28,29)23-15-18(4)9-11-21(23)31-7-2/h8-11,14-15,19H,6-7,12-13,16H2,1-5H3/t19-/m0/s1. The van der Waals surface area contributed by atoms with E-state index in [2.05, 4.69) is 0 Å². The summed E-state index contributed by atoms with van der Waals surface area (Å²) in [6.45, 7) is 9.75. The summed E-state index contributed by atoms with van der Waals surface area (Å²) in [6, 6.07) is 9.54. The van der Waals surface area contributed by atoms with Gasteiger partial charge >= 0.3 is 0 Å². The van der Waals surface area contributed by atoms with Crippen LogP contribution in [-0.2, 0) is 20.0 Å². The molecule has 1 aliphatic heterocycles. The van der Waals surface area contributed by atoms with Crippen LogP contribution in [0.5, 0.6) is 11.5 Å². The van der Waals surface area contributed by atoms with E-state index in [1.807, 2.05) is 13.8 Å². The van der Waals surface area contributed by atoms with Gasteiger partial charge in [0.1, 0.15) is 21.3 Å². The Balaban J connectivity index is 1.90. The number of nitrogens with zero attached hydrogens (tertiary/aromatic N) is 2. The van der Waals surface area contributed by atoms with E-state index in [9.17, 15) is 16.8 Å². The Morgan fingerprint density at radius 1 is 0.818 bits per heavy atom. The molecule has 10 heteroatoms. The maximum atomic E-state index is 13.5. The number of hydrogen-bond acceptors (Lipinski definition) is 6. The fraction of sp³-hybridized carbons (Fsp3) is 0.478. The number of benzene rings is 2. The van der Waals surface area contributed by atoms with Crippen molar-refractivity contribution >= 4 is 20.0 Å². The summed E-state index contributed by atoms with van der Waals surface area (Å²) in [5.41, 5.74) is 1.60. The van der Waals surface area contributed by atoms with E-state index in [1.165, 1.54) is 8.61 Å². The van der Waals surface area contributed by atoms with E-state index < -0.39 is 26.1 Å². The van der Waals surface area contributed by atoms with E-state index in [1.54, 1.807) is 57.2 Å². The SMILES string of the molecule is CCOc1ccc(C)cc1S(=O)(=O)N1CCN(S(=O)(=O)c2cc(C)ccc2OCC)[C@@H](C)C1. The molecule has 1 heterocycles. The van der Waals surface area contributed by atoms with Crippen molar-refractivity contribution in [3.63, 3.8) is 0 Å². The second-order valence-corrected chi connectivity index (χ2v) is 11.9. The van der Waals surface area contributed by atoms with Crippen molar-refractivity contribution in [3.05, 3.63) is 47.5 Å². The lowest BCUT2D eigenvalue weighted by Crippen LogP contribution is -2.55. The van der Waals surface area contributed by atoms with Crippen LogP contribution >= 0.6 is 0 Å². The molecule has 33 heavy (non-hydrogen) atoms. The molecule has 1 atom stereocenters. The molecule has 0 aromatic heterocycles. The Morgan fingerprint density at radius 3 is 1.76 bits per heavy atom. The molecule has 0 N–H and O–H groups in total. The van der Waals surface area contributed by atoms with Crippen molar-refractivity contribution in [2.45, 2.75) is 50.5 Å². The molecule has 0 unspecified atom stereocenters.